The van der Waals surface area contributed by atoms with Gasteiger partial charge in [-0.2, -0.15) is 0 Å². The van der Waals surface area contributed by atoms with E-state index in [1.807, 2.05) is 54.1 Å². The fraction of sp³-hybridized carbons (Fsp3) is 0.111. The molecule has 2 amide bonds. The maximum absolute atomic E-state index is 12.3. The maximum Gasteiger partial charge on any atom is 0.293 e. The first-order valence-corrected chi connectivity index (χ1v) is 8.03. The number of benzene rings is 1. The van der Waals surface area contributed by atoms with E-state index in [1.54, 1.807) is 12.2 Å². The largest absolute Gasteiger partial charge is 0.317 e. The van der Waals surface area contributed by atoms with E-state index in [9.17, 15) is 9.59 Å². The van der Waals surface area contributed by atoms with E-state index in [1.165, 1.54) is 4.90 Å². The third-order valence-corrected chi connectivity index (χ3v) is 4.53. The van der Waals surface area contributed by atoms with E-state index in [0.717, 1.165) is 28.7 Å². The summed E-state index contributed by atoms with van der Waals surface area (Å²) in [5.41, 5.74) is 3.05. The predicted molar refractivity (Wildman–Crippen MR) is 93.4 cm³/mol. The highest BCUT2D eigenvalue weighted by Crippen LogP contribution is 2.32. The lowest BCUT2D eigenvalue weighted by molar-refractivity contribution is -0.122. The molecule has 0 saturated carbocycles. The van der Waals surface area contributed by atoms with Crippen molar-refractivity contribution in [2.24, 2.45) is 0 Å². The van der Waals surface area contributed by atoms with Crippen molar-refractivity contribution in [3.63, 3.8) is 0 Å². The zero-order valence-electron chi connectivity index (χ0n) is 12.7. The number of aryl methyl sites for hydroxylation is 1. The molecule has 0 atom stereocenters. The van der Waals surface area contributed by atoms with Crippen molar-refractivity contribution in [2.75, 3.05) is 6.54 Å². The predicted octanol–water partition coefficient (Wildman–Crippen LogP) is 4.01. The van der Waals surface area contributed by atoms with Gasteiger partial charge in [0.25, 0.3) is 11.1 Å². The number of carbonyl (C=O) groups excluding carboxylic acids is 2. The van der Waals surface area contributed by atoms with E-state index >= 15 is 0 Å². The molecule has 0 spiro atoms. The zero-order valence-corrected chi connectivity index (χ0v) is 13.5. The SMILES string of the molecule is C=CCN1C(=O)S/C(=C/c2cccn2-c2ccccc2C)C1=O. The minimum Gasteiger partial charge on any atom is -0.317 e. The molecule has 2 aromatic rings. The molecule has 0 bridgehead atoms. The first-order chi connectivity index (χ1) is 11.1. The summed E-state index contributed by atoms with van der Waals surface area (Å²) in [6.45, 7) is 5.85. The van der Waals surface area contributed by atoms with Gasteiger partial charge in [-0.05, 0) is 48.5 Å². The second-order valence-electron chi connectivity index (χ2n) is 5.17. The van der Waals surface area contributed by atoms with E-state index in [4.69, 9.17) is 0 Å². The van der Waals surface area contributed by atoms with Crippen molar-refractivity contribution in [3.8, 4) is 5.69 Å². The van der Waals surface area contributed by atoms with Crippen LogP contribution in [0.2, 0.25) is 0 Å². The molecular weight excluding hydrogens is 308 g/mol. The van der Waals surface area contributed by atoms with E-state index in [0.29, 0.717) is 4.91 Å². The molecule has 0 radical (unpaired) electrons. The highest BCUT2D eigenvalue weighted by molar-refractivity contribution is 8.18. The topological polar surface area (TPSA) is 42.3 Å². The Labute approximate surface area is 139 Å². The van der Waals surface area contributed by atoms with Crippen LogP contribution in [0.1, 0.15) is 11.3 Å². The number of rotatable bonds is 4. The van der Waals surface area contributed by atoms with Crippen molar-refractivity contribution in [1.29, 1.82) is 0 Å². The van der Waals surface area contributed by atoms with Gasteiger partial charge in [-0.15, -0.1) is 6.58 Å². The Bertz CT molecular complexity index is 820. The molecule has 4 nitrogen and oxygen atoms in total. The highest BCUT2D eigenvalue weighted by Gasteiger charge is 2.34. The Morgan fingerprint density at radius 1 is 1.17 bits per heavy atom. The Kier molecular flexibility index (Phi) is 4.21. The molecule has 0 unspecified atom stereocenters. The molecule has 3 rings (SSSR count). The average molecular weight is 324 g/mol. The monoisotopic (exact) mass is 324 g/mol. The third-order valence-electron chi connectivity index (χ3n) is 3.62. The van der Waals surface area contributed by atoms with Crippen molar-refractivity contribution >= 4 is 29.0 Å². The van der Waals surface area contributed by atoms with Gasteiger partial charge in [0.1, 0.15) is 0 Å². The lowest BCUT2D eigenvalue weighted by Crippen LogP contribution is -2.27. The molecule has 1 fully saturated rings. The van der Waals surface area contributed by atoms with Crippen molar-refractivity contribution < 1.29 is 9.59 Å². The Hall–Kier alpha value is -2.53. The highest BCUT2D eigenvalue weighted by atomic mass is 32.2. The molecule has 5 heteroatoms. The summed E-state index contributed by atoms with van der Waals surface area (Å²) in [4.78, 5) is 25.8. The van der Waals surface area contributed by atoms with Crippen molar-refractivity contribution in [1.82, 2.24) is 9.47 Å². The summed E-state index contributed by atoms with van der Waals surface area (Å²) in [5, 5.41) is -0.254. The van der Waals surface area contributed by atoms with Gasteiger partial charge in [0, 0.05) is 24.1 Å². The molecule has 1 saturated heterocycles. The first-order valence-electron chi connectivity index (χ1n) is 7.21. The van der Waals surface area contributed by atoms with Crippen molar-refractivity contribution in [3.05, 3.63) is 71.4 Å². The van der Waals surface area contributed by atoms with Gasteiger partial charge in [0.15, 0.2) is 0 Å². The second-order valence-corrected chi connectivity index (χ2v) is 6.16. The van der Waals surface area contributed by atoms with Crippen LogP contribution in [-0.2, 0) is 4.79 Å². The van der Waals surface area contributed by atoms with Gasteiger partial charge in [-0.25, -0.2) is 0 Å². The summed E-state index contributed by atoms with van der Waals surface area (Å²) in [5.74, 6) is -0.266. The maximum atomic E-state index is 12.3. The molecular formula is C18H16N2O2S. The van der Waals surface area contributed by atoms with Crippen LogP contribution in [-0.4, -0.2) is 27.2 Å². The second kappa shape index (κ2) is 6.30. The number of aromatic nitrogens is 1. The Morgan fingerprint density at radius 3 is 2.70 bits per heavy atom. The molecule has 1 aliphatic rings. The number of hydrogen-bond acceptors (Lipinski definition) is 3. The Morgan fingerprint density at radius 2 is 1.96 bits per heavy atom. The van der Waals surface area contributed by atoms with Crippen LogP contribution in [0.15, 0.2) is 60.2 Å². The molecule has 1 aromatic carbocycles. The van der Waals surface area contributed by atoms with Crippen LogP contribution in [0.25, 0.3) is 11.8 Å². The molecule has 1 aromatic heterocycles. The van der Waals surface area contributed by atoms with Crippen LogP contribution in [0.3, 0.4) is 0 Å². The average Bonchev–Trinajstić information content (AvgIpc) is 3.09. The van der Waals surface area contributed by atoms with E-state index in [2.05, 4.69) is 6.58 Å². The quantitative estimate of drug-likeness (QED) is 0.630. The van der Waals surface area contributed by atoms with Crippen LogP contribution in [0, 0.1) is 6.92 Å². The van der Waals surface area contributed by atoms with Gasteiger partial charge < -0.3 is 4.57 Å². The molecule has 2 heterocycles. The molecule has 1 aliphatic heterocycles. The normalized spacial score (nSPS) is 16.4. The molecule has 0 aliphatic carbocycles. The van der Waals surface area contributed by atoms with Gasteiger partial charge in [0.05, 0.1) is 4.91 Å². The summed E-state index contributed by atoms with van der Waals surface area (Å²) >= 11 is 0.966. The lowest BCUT2D eigenvalue weighted by atomic mass is 10.2. The molecule has 116 valence electrons. The van der Waals surface area contributed by atoms with Gasteiger partial charge >= 0.3 is 0 Å². The summed E-state index contributed by atoms with van der Waals surface area (Å²) < 4.78 is 2.01. The number of amides is 2. The first kappa shape index (κ1) is 15.4. The summed E-state index contributed by atoms with van der Waals surface area (Å²) in [6.07, 6.45) is 5.26. The van der Waals surface area contributed by atoms with Crippen molar-refractivity contribution in [2.45, 2.75) is 6.92 Å². The van der Waals surface area contributed by atoms with E-state index in [-0.39, 0.29) is 17.7 Å². The third kappa shape index (κ3) is 2.87. The molecule has 0 N–H and O–H groups in total. The number of hydrogen-bond donors (Lipinski definition) is 0. The number of para-hydroxylation sites is 1. The standard InChI is InChI=1S/C18H16N2O2S/c1-3-10-20-17(21)16(23-18(20)22)12-14-8-6-11-19(14)15-9-5-4-7-13(15)2/h3-9,11-12H,1,10H2,2H3/b16-12+. The van der Waals surface area contributed by atoms with Crippen LogP contribution in [0.5, 0.6) is 0 Å². The number of nitrogens with zero attached hydrogens (tertiary/aromatic N) is 2. The minimum atomic E-state index is -0.266. The zero-order chi connectivity index (χ0) is 16.4. The van der Waals surface area contributed by atoms with E-state index < -0.39 is 0 Å². The summed E-state index contributed by atoms with van der Waals surface area (Å²) in [7, 11) is 0. The Balaban J connectivity index is 1.98. The van der Waals surface area contributed by atoms with Crippen LogP contribution in [0.4, 0.5) is 4.79 Å². The molecule has 23 heavy (non-hydrogen) atoms. The lowest BCUT2D eigenvalue weighted by Gasteiger charge is -2.10. The fourth-order valence-corrected chi connectivity index (χ4v) is 3.32. The minimum absolute atomic E-state index is 0.237. The van der Waals surface area contributed by atoms with Gasteiger partial charge in [-0.1, -0.05) is 24.3 Å². The summed E-state index contributed by atoms with van der Waals surface area (Å²) in [6, 6.07) is 11.9. The fourth-order valence-electron chi connectivity index (χ4n) is 2.49. The van der Waals surface area contributed by atoms with Crippen LogP contribution < -0.4 is 0 Å². The number of thioether (sulfide) groups is 1. The van der Waals surface area contributed by atoms with Gasteiger partial charge in [0.2, 0.25) is 0 Å². The van der Waals surface area contributed by atoms with Gasteiger partial charge in [-0.3, -0.25) is 14.5 Å². The van der Waals surface area contributed by atoms with Crippen LogP contribution >= 0.6 is 11.8 Å². The number of imide groups is 1. The number of carbonyl (C=O) groups is 2. The smallest absolute Gasteiger partial charge is 0.293 e.